The van der Waals surface area contributed by atoms with E-state index in [1.807, 2.05) is 13.8 Å². The second-order valence-electron chi connectivity index (χ2n) is 5.94. The number of aliphatic carboxylic acids is 1. The first-order chi connectivity index (χ1) is 12.4. The molecule has 0 saturated carbocycles. The molecule has 26 heavy (non-hydrogen) atoms. The van der Waals surface area contributed by atoms with E-state index in [0.29, 0.717) is 25.2 Å². The average Bonchev–Trinajstić information content (AvgIpc) is 3.14. The second-order valence-corrected chi connectivity index (χ2v) is 5.94. The third kappa shape index (κ3) is 6.07. The molecule has 7 heteroatoms. The molecule has 1 aromatic rings. The van der Waals surface area contributed by atoms with Gasteiger partial charge in [-0.25, -0.2) is 9.18 Å². The van der Waals surface area contributed by atoms with Crippen LogP contribution in [0.4, 0.5) is 4.39 Å². The van der Waals surface area contributed by atoms with Crippen LogP contribution < -0.4 is 0 Å². The number of hydrogen-bond acceptors (Lipinski definition) is 4. The maximum absolute atomic E-state index is 13.1. The van der Waals surface area contributed by atoms with Gasteiger partial charge in [-0.15, -0.1) is 0 Å². The van der Waals surface area contributed by atoms with Crippen LogP contribution in [0.15, 0.2) is 24.3 Å². The number of rotatable bonds is 7. The maximum atomic E-state index is 13.1. The zero-order chi connectivity index (χ0) is 19.7. The molecule has 1 atom stereocenters. The van der Waals surface area contributed by atoms with Gasteiger partial charge < -0.3 is 19.5 Å². The summed E-state index contributed by atoms with van der Waals surface area (Å²) < 4.78 is 23.8. The first kappa shape index (κ1) is 22.1. The lowest BCUT2D eigenvalue weighted by atomic mass is 10.0. The Hall–Kier alpha value is -1.99. The highest BCUT2D eigenvalue weighted by Gasteiger charge is 2.33. The van der Waals surface area contributed by atoms with Gasteiger partial charge in [-0.2, -0.15) is 0 Å². The molecule has 0 aromatic heterocycles. The Balaban J connectivity index is 0.00000163. The lowest BCUT2D eigenvalue weighted by Gasteiger charge is -2.31. The van der Waals surface area contributed by atoms with Gasteiger partial charge in [0.15, 0.2) is 12.3 Å². The highest BCUT2D eigenvalue weighted by molar-refractivity contribution is 5.85. The number of hydrogen-bond donors (Lipinski definition) is 1. The van der Waals surface area contributed by atoms with E-state index >= 15 is 0 Å². The van der Waals surface area contributed by atoms with Crippen molar-refractivity contribution in [1.29, 1.82) is 0 Å². The molecule has 1 aliphatic heterocycles. The largest absolute Gasteiger partial charge is 0.479 e. The minimum atomic E-state index is -1.18. The number of amides is 1. The molecule has 0 radical (unpaired) electrons. The Morgan fingerprint density at radius 2 is 1.73 bits per heavy atom. The summed E-state index contributed by atoms with van der Waals surface area (Å²) in [5.74, 6) is -2.27. The van der Waals surface area contributed by atoms with Gasteiger partial charge in [0.05, 0.1) is 13.2 Å². The van der Waals surface area contributed by atoms with Crippen LogP contribution in [0.1, 0.15) is 45.7 Å². The van der Waals surface area contributed by atoms with Crippen LogP contribution in [0.25, 0.3) is 0 Å². The summed E-state index contributed by atoms with van der Waals surface area (Å²) in [5, 5.41) is 9.64. The molecule has 1 aromatic carbocycles. The molecule has 0 bridgehead atoms. The first-order valence-corrected chi connectivity index (χ1v) is 8.92. The Morgan fingerprint density at radius 3 is 2.19 bits per heavy atom. The Morgan fingerprint density at radius 1 is 1.19 bits per heavy atom. The average molecular weight is 369 g/mol. The Labute approximate surface area is 153 Å². The topological polar surface area (TPSA) is 76.1 Å². The highest BCUT2D eigenvalue weighted by Crippen LogP contribution is 2.25. The van der Waals surface area contributed by atoms with E-state index in [2.05, 4.69) is 0 Å². The summed E-state index contributed by atoms with van der Waals surface area (Å²) in [6, 6.07) is 3.97. The fourth-order valence-corrected chi connectivity index (χ4v) is 2.62. The van der Waals surface area contributed by atoms with Crippen LogP contribution in [0, 0.1) is 11.7 Å². The molecule has 1 N–H and O–H groups in total. The van der Waals surface area contributed by atoms with Crippen LogP contribution in [0.2, 0.25) is 0 Å². The monoisotopic (exact) mass is 369 g/mol. The van der Waals surface area contributed by atoms with Crippen LogP contribution >= 0.6 is 0 Å². The van der Waals surface area contributed by atoms with Crippen LogP contribution in [0.3, 0.4) is 0 Å². The number of carboxylic acids is 1. The number of carbonyl (C=O) groups excluding carboxylic acids is 1. The summed E-state index contributed by atoms with van der Waals surface area (Å²) in [6.45, 7) is 8.57. The molecule has 2 rings (SSSR count). The molecule has 0 spiro atoms. The van der Waals surface area contributed by atoms with Gasteiger partial charge in [-0.3, -0.25) is 4.79 Å². The molecule has 1 heterocycles. The summed E-state index contributed by atoms with van der Waals surface area (Å²) in [4.78, 5) is 25.6. The van der Waals surface area contributed by atoms with E-state index in [1.54, 1.807) is 13.8 Å². The molecular formula is C19H28FNO5. The van der Waals surface area contributed by atoms with E-state index in [9.17, 15) is 19.1 Å². The minimum absolute atomic E-state index is 0.177. The molecule has 0 aliphatic carbocycles. The van der Waals surface area contributed by atoms with Gasteiger partial charge in [0.2, 0.25) is 5.91 Å². The van der Waals surface area contributed by atoms with E-state index < -0.39 is 24.1 Å². The Kier molecular flexibility index (Phi) is 9.23. The van der Waals surface area contributed by atoms with E-state index in [1.165, 1.54) is 29.2 Å². The van der Waals surface area contributed by atoms with Crippen LogP contribution in [-0.2, 0) is 19.1 Å². The van der Waals surface area contributed by atoms with Crippen molar-refractivity contribution in [1.82, 2.24) is 4.90 Å². The molecule has 6 nitrogen and oxygen atoms in total. The minimum Gasteiger partial charge on any atom is -0.479 e. The maximum Gasteiger partial charge on any atom is 0.331 e. The smallest absolute Gasteiger partial charge is 0.331 e. The predicted octanol–water partition coefficient (Wildman–Crippen LogP) is 3.23. The number of ether oxygens (including phenoxy) is 2. The van der Waals surface area contributed by atoms with Crippen molar-refractivity contribution in [3.63, 3.8) is 0 Å². The lowest BCUT2D eigenvalue weighted by molar-refractivity contribution is -0.153. The number of carbonyl (C=O) groups is 2. The number of nitrogens with zero attached hydrogens (tertiary/aromatic N) is 1. The number of halogens is 1. The van der Waals surface area contributed by atoms with E-state index in [-0.39, 0.29) is 18.4 Å². The number of carboxylic acid groups (broad SMARTS) is 1. The van der Waals surface area contributed by atoms with Crippen molar-refractivity contribution in [2.75, 3.05) is 19.8 Å². The van der Waals surface area contributed by atoms with Gasteiger partial charge in [0.25, 0.3) is 0 Å². The fraction of sp³-hybridized carbons (Fsp3) is 0.579. The van der Waals surface area contributed by atoms with Crippen molar-refractivity contribution in [2.45, 2.75) is 46.4 Å². The zero-order valence-electron chi connectivity index (χ0n) is 15.8. The van der Waals surface area contributed by atoms with Gasteiger partial charge >= 0.3 is 5.97 Å². The van der Waals surface area contributed by atoms with Crippen molar-refractivity contribution in [3.05, 3.63) is 35.6 Å². The van der Waals surface area contributed by atoms with Crippen molar-refractivity contribution < 1.29 is 28.6 Å². The molecule has 1 aliphatic rings. The quantitative estimate of drug-likeness (QED) is 0.799. The van der Waals surface area contributed by atoms with Gasteiger partial charge in [-0.1, -0.05) is 39.8 Å². The standard InChI is InChI=1S/C17H22FNO5.C2H6/c1-11(2)16(20)19(8-7-14-23-9-10-24-14)15(17(21)22)12-3-5-13(18)6-4-12;1-2/h3-6,11,14-15H,7-10H2,1-2H3,(H,21,22);1-2H3. The van der Waals surface area contributed by atoms with Gasteiger partial charge in [0, 0.05) is 18.9 Å². The SMILES string of the molecule is CC.CC(C)C(=O)N(CCC1OCCO1)C(C(=O)O)c1ccc(F)cc1. The number of benzene rings is 1. The summed E-state index contributed by atoms with van der Waals surface area (Å²) in [7, 11) is 0. The van der Waals surface area contributed by atoms with Gasteiger partial charge in [0.1, 0.15) is 5.82 Å². The third-order valence-electron chi connectivity index (χ3n) is 3.80. The fourth-order valence-electron chi connectivity index (χ4n) is 2.62. The van der Waals surface area contributed by atoms with Gasteiger partial charge in [-0.05, 0) is 17.7 Å². The van der Waals surface area contributed by atoms with Crippen LogP contribution in [-0.4, -0.2) is 47.9 Å². The first-order valence-electron chi connectivity index (χ1n) is 8.92. The van der Waals surface area contributed by atoms with Crippen molar-refractivity contribution in [2.24, 2.45) is 5.92 Å². The molecule has 146 valence electrons. The van der Waals surface area contributed by atoms with E-state index in [0.717, 1.165) is 0 Å². The molecule has 1 amide bonds. The third-order valence-corrected chi connectivity index (χ3v) is 3.80. The summed E-state index contributed by atoms with van der Waals surface area (Å²) in [6.07, 6.45) is -0.0567. The molecule has 1 fully saturated rings. The Bertz CT molecular complexity index is 570. The molecule has 1 saturated heterocycles. The summed E-state index contributed by atoms with van der Waals surface area (Å²) >= 11 is 0. The molecule has 1 unspecified atom stereocenters. The van der Waals surface area contributed by atoms with Crippen molar-refractivity contribution in [3.8, 4) is 0 Å². The second kappa shape index (κ2) is 10.9. The normalized spacial score (nSPS) is 15.3. The zero-order valence-corrected chi connectivity index (χ0v) is 15.8. The highest BCUT2D eigenvalue weighted by atomic mass is 19.1. The molecular weight excluding hydrogens is 341 g/mol. The summed E-state index contributed by atoms with van der Waals surface area (Å²) in [5.41, 5.74) is 0.353. The predicted molar refractivity (Wildman–Crippen MR) is 95.0 cm³/mol. The van der Waals surface area contributed by atoms with Crippen LogP contribution in [0.5, 0.6) is 0 Å². The lowest BCUT2D eigenvalue weighted by Crippen LogP contribution is -2.42. The van der Waals surface area contributed by atoms with E-state index in [4.69, 9.17) is 9.47 Å². The van der Waals surface area contributed by atoms with Crippen molar-refractivity contribution >= 4 is 11.9 Å².